The van der Waals surface area contributed by atoms with Gasteiger partial charge in [0.2, 0.25) is 0 Å². The van der Waals surface area contributed by atoms with Crippen molar-refractivity contribution >= 4 is 17.3 Å². The van der Waals surface area contributed by atoms with E-state index in [9.17, 15) is 4.79 Å². The highest BCUT2D eigenvalue weighted by Gasteiger charge is 2.35. The van der Waals surface area contributed by atoms with E-state index in [4.69, 9.17) is 10.5 Å². The molecule has 1 aliphatic heterocycles. The minimum Gasteiger partial charge on any atom is -0.465 e. The summed E-state index contributed by atoms with van der Waals surface area (Å²) in [4.78, 5) is 14.2. The molecule has 1 heterocycles. The molecule has 0 radical (unpaired) electrons. The average Bonchev–Trinajstić information content (AvgIpc) is 2.94. The van der Waals surface area contributed by atoms with Gasteiger partial charge in [0.05, 0.1) is 12.7 Å². The van der Waals surface area contributed by atoms with Gasteiger partial charge in [-0.3, -0.25) is 0 Å². The molecule has 21 heavy (non-hydrogen) atoms. The maximum atomic E-state index is 11.9. The van der Waals surface area contributed by atoms with Gasteiger partial charge in [-0.2, -0.15) is 0 Å². The van der Waals surface area contributed by atoms with Crippen molar-refractivity contribution in [3.05, 3.63) is 23.3 Å². The summed E-state index contributed by atoms with van der Waals surface area (Å²) in [7, 11) is 1.39. The van der Waals surface area contributed by atoms with E-state index < -0.39 is 0 Å². The number of nitrogens with zero attached hydrogens (tertiary/aromatic N) is 1. The molecule has 1 aliphatic rings. The zero-order chi connectivity index (χ0) is 15.6. The summed E-state index contributed by atoms with van der Waals surface area (Å²) >= 11 is 0. The van der Waals surface area contributed by atoms with E-state index in [-0.39, 0.29) is 5.97 Å². The third-order valence-corrected chi connectivity index (χ3v) is 5.08. The molecule has 0 amide bonds. The number of nitrogen functional groups attached to an aromatic ring is 1. The van der Waals surface area contributed by atoms with Crippen LogP contribution >= 0.6 is 0 Å². The smallest absolute Gasteiger partial charge is 0.340 e. The summed E-state index contributed by atoms with van der Waals surface area (Å²) in [5.41, 5.74) is 9.41. The summed E-state index contributed by atoms with van der Waals surface area (Å²) < 4.78 is 4.84. The van der Waals surface area contributed by atoms with Gasteiger partial charge < -0.3 is 15.4 Å². The van der Waals surface area contributed by atoms with E-state index in [0.29, 0.717) is 16.7 Å². The van der Waals surface area contributed by atoms with Crippen LogP contribution in [0.4, 0.5) is 11.4 Å². The molecule has 0 unspecified atom stereocenters. The van der Waals surface area contributed by atoms with Crippen molar-refractivity contribution in [1.82, 2.24) is 0 Å². The van der Waals surface area contributed by atoms with Gasteiger partial charge in [-0.25, -0.2) is 4.79 Å². The molecule has 1 aromatic rings. The first kappa shape index (κ1) is 15.7. The predicted molar refractivity (Wildman–Crippen MR) is 86.8 cm³/mol. The van der Waals surface area contributed by atoms with Gasteiger partial charge in [-0.15, -0.1) is 0 Å². The summed E-state index contributed by atoms with van der Waals surface area (Å²) in [6.45, 7) is 8.55. The molecule has 116 valence electrons. The fraction of sp³-hybridized carbons (Fsp3) is 0.588. The maximum absolute atomic E-state index is 11.9. The lowest BCUT2D eigenvalue weighted by molar-refractivity contribution is 0.0602. The molecule has 0 saturated carbocycles. The Bertz CT molecular complexity index is 536. The third-order valence-electron chi connectivity index (χ3n) is 5.08. The van der Waals surface area contributed by atoms with Gasteiger partial charge in [0.25, 0.3) is 0 Å². The molecule has 2 N–H and O–H groups in total. The summed E-state index contributed by atoms with van der Waals surface area (Å²) in [5, 5.41) is 0. The van der Waals surface area contributed by atoms with Crippen molar-refractivity contribution in [3.8, 4) is 0 Å². The Morgan fingerprint density at radius 3 is 2.57 bits per heavy atom. The number of benzene rings is 1. The number of hydrogen-bond acceptors (Lipinski definition) is 4. The number of esters is 1. The number of carbonyl (C=O) groups excluding carboxylic acids is 1. The van der Waals surface area contributed by atoms with Crippen LogP contribution in [0, 0.1) is 12.3 Å². The SMILES string of the molecule is CCC1(CC)CCN(c2cc(C)c(N)c(C(=O)OC)c2)C1. The molecule has 4 heteroatoms. The van der Waals surface area contributed by atoms with Gasteiger partial charge in [0, 0.05) is 24.5 Å². The van der Waals surface area contributed by atoms with E-state index in [1.54, 1.807) is 0 Å². The second-order valence-corrected chi connectivity index (χ2v) is 6.09. The lowest BCUT2D eigenvalue weighted by Gasteiger charge is -2.27. The molecule has 1 fully saturated rings. The van der Waals surface area contributed by atoms with E-state index in [1.807, 2.05) is 13.0 Å². The number of carbonyl (C=O) groups is 1. The van der Waals surface area contributed by atoms with Gasteiger partial charge in [-0.1, -0.05) is 13.8 Å². The van der Waals surface area contributed by atoms with Crippen LogP contribution in [0.5, 0.6) is 0 Å². The van der Waals surface area contributed by atoms with Crippen LogP contribution in [-0.2, 0) is 4.74 Å². The van der Waals surface area contributed by atoms with Crippen molar-refractivity contribution in [2.75, 3.05) is 30.8 Å². The second kappa shape index (κ2) is 5.96. The van der Waals surface area contributed by atoms with Crippen molar-refractivity contribution in [2.45, 2.75) is 40.0 Å². The van der Waals surface area contributed by atoms with E-state index in [0.717, 1.165) is 24.3 Å². The molecule has 2 rings (SSSR count). The first-order chi connectivity index (χ1) is 9.96. The van der Waals surface area contributed by atoms with Gasteiger partial charge >= 0.3 is 5.97 Å². The van der Waals surface area contributed by atoms with Gasteiger partial charge in [-0.05, 0) is 49.3 Å². The van der Waals surface area contributed by atoms with Crippen molar-refractivity contribution in [2.24, 2.45) is 5.41 Å². The molecule has 1 aromatic carbocycles. The highest BCUT2D eigenvalue weighted by Crippen LogP contribution is 2.40. The fourth-order valence-electron chi connectivity index (χ4n) is 3.22. The van der Waals surface area contributed by atoms with Crippen molar-refractivity contribution < 1.29 is 9.53 Å². The van der Waals surface area contributed by atoms with Crippen LogP contribution in [-0.4, -0.2) is 26.2 Å². The number of rotatable bonds is 4. The van der Waals surface area contributed by atoms with Crippen LogP contribution in [0.2, 0.25) is 0 Å². The van der Waals surface area contributed by atoms with Crippen LogP contribution in [0.25, 0.3) is 0 Å². The molecule has 0 bridgehead atoms. The Morgan fingerprint density at radius 2 is 2.05 bits per heavy atom. The minimum absolute atomic E-state index is 0.367. The van der Waals surface area contributed by atoms with Crippen molar-refractivity contribution in [1.29, 1.82) is 0 Å². The molecular formula is C17H26N2O2. The van der Waals surface area contributed by atoms with Crippen LogP contribution in [0.15, 0.2) is 12.1 Å². The molecule has 0 spiro atoms. The second-order valence-electron chi connectivity index (χ2n) is 6.09. The number of anilines is 2. The Balaban J connectivity index is 2.34. The Morgan fingerprint density at radius 1 is 1.38 bits per heavy atom. The van der Waals surface area contributed by atoms with E-state index in [2.05, 4.69) is 24.8 Å². The lowest BCUT2D eigenvalue weighted by atomic mass is 9.82. The Hall–Kier alpha value is -1.71. The third kappa shape index (κ3) is 2.85. The van der Waals surface area contributed by atoms with Gasteiger partial charge in [0.15, 0.2) is 0 Å². The Kier molecular flexibility index (Phi) is 4.45. The molecule has 1 saturated heterocycles. The normalized spacial score (nSPS) is 17.0. The molecule has 4 nitrogen and oxygen atoms in total. The predicted octanol–water partition coefficient (Wildman–Crippen LogP) is 3.38. The molecular weight excluding hydrogens is 264 g/mol. The molecule has 0 aliphatic carbocycles. The van der Waals surface area contributed by atoms with E-state index in [1.165, 1.54) is 26.4 Å². The topological polar surface area (TPSA) is 55.6 Å². The summed E-state index contributed by atoms with van der Waals surface area (Å²) in [6.07, 6.45) is 3.59. The average molecular weight is 290 g/mol. The lowest BCUT2D eigenvalue weighted by Crippen LogP contribution is -2.26. The zero-order valence-electron chi connectivity index (χ0n) is 13.5. The Labute approximate surface area is 127 Å². The van der Waals surface area contributed by atoms with Crippen LogP contribution in [0.1, 0.15) is 49.0 Å². The highest BCUT2D eigenvalue weighted by atomic mass is 16.5. The molecule has 0 aromatic heterocycles. The van der Waals surface area contributed by atoms with Crippen LogP contribution < -0.4 is 10.6 Å². The number of hydrogen-bond donors (Lipinski definition) is 1. The standard InChI is InChI=1S/C17H26N2O2/c1-5-17(6-2)7-8-19(11-17)13-9-12(3)15(18)14(10-13)16(20)21-4/h9-10H,5-8,11,18H2,1-4H3. The first-order valence-electron chi connectivity index (χ1n) is 7.69. The largest absolute Gasteiger partial charge is 0.465 e. The number of aryl methyl sites for hydroxylation is 1. The number of ether oxygens (including phenoxy) is 1. The number of methoxy groups -OCH3 is 1. The zero-order valence-corrected chi connectivity index (χ0v) is 13.5. The van der Waals surface area contributed by atoms with Crippen LogP contribution in [0.3, 0.4) is 0 Å². The van der Waals surface area contributed by atoms with E-state index >= 15 is 0 Å². The number of nitrogens with two attached hydrogens (primary N) is 1. The molecule has 0 atom stereocenters. The minimum atomic E-state index is -0.367. The van der Waals surface area contributed by atoms with Crippen molar-refractivity contribution in [3.63, 3.8) is 0 Å². The summed E-state index contributed by atoms with van der Waals surface area (Å²) in [5.74, 6) is -0.367. The monoisotopic (exact) mass is 290 g/mol. The fourth-order valence-corrected chi connectivity index (χ4v) is 3.22. The quantitative estimate of drug-likeness (QED) is 0.682. The maximum Gasteiger partial charge on any atom is 0.340 e. The van der Waals surface area contributed by atoms with Gasteiger partial charge in [0.1, 0.15) is 0 Å². The first-order valence-corrected chi connectivity index (χ1v) is 7.69. The highest BCUT2D eigenvalue weighted by molar-refractivity contribution is 5.97. The summed E-state index contributed by atoms with van der Waals surface area (Å²) in [6, 6.07) is 3.94.